The Balaban J connectivity index is 1.36. The van der Waals surface area contributed by atoms with E-state index in [-0.39, 0.29) is 0 Å². The molecule has 6 nitrogen and oxygen atoms in total. The normalized spacial score (nSPS) is 16.4. The van der Waals surface area contributed by atoms with Crippen molar-refractivity contribution in [2.75, 3.05) is 23.3 Å². The second-order valence-corrected chi connectivity index (χ2v) is 8.22. The van der Waals surface area contributed by atoms with Crippen molar-refractivity contribution in [3.05, 3.63) is 77.2 Å². The van der Waals surface area contributed by atoms with Gasteiger partial charge in [0.05, 0.1) is 18.1 Å². The molecule has 0 bridgehead atoms. The van der Waals surface area contributed by atoms with Crippen LogP contribution in [0.2, 0.25) is 0 Å². The Bertz CT molecular complexity index is 1110. The van der Waals surface area contributed by atoms with Crippen LogP contribution in [0, 0.1) is 0 Å². The van der Waals surface area contributed by atoms with Crippen molar-refractivity contribution in [1.82, 2.24) is 19.7 Å². The molecule has 0 radical (unpaired) electrons. The average Bonchev–Trinajstić information content (AvgIpc) is 3.38. The summed E-state index contributed by atoms with van der Waals surface area (Å²) in [4.78, 5) is 11.4. The number of halogens is 1. The summed E-state index contributed by atoms with van der Waals surface area (Å²) in [5.41, 5.74) is 3.22. The Morgan fingerprint density at radius 3 is 2.69 bits per heavy atom. The second kappa shape index (κ2) is 7.83. The van der Waals surface area contributed by atoms with E-state index in [0.717, 1.165) is 46.5 Å². The molecule has 4 aromatic rings. The molecule has 1 fully saturated rings. The molecule has 0 spiro atoms. The molecule has 2 aromatic carbocycles. The molecule has 1 N–H and O–H groups in total. The minimum absolute atomic E-state index is 0.403. The number of rotatable bonds is 5. The smallest absolute Gasteiger partial charge is 0.163 e. The van der Waals surface area contributed by atoms with Gasteiger partial charge in [0.15, 0.2) is 5.65 Å². The van der Waals surface area contributed by atoms with Crippen LogP contribution in [-0.2, 0) is 6.54 Å². The van der Waals surface area contributed by atoms with Gasteiger partial charge in [-0.25, -0.2) is 14.6 Å². The van der Waals surface area contributed by atoms with E-state index in [4.69, 9.17) is 0 Å². The molecule has 2 aromatic heterocycles. The third-order valence-electron chi connectivity index (χ3n) is 5.29. The first kappa shape index (κ1) is 18.1. The molecular formula is C22H21BrN6. The molecule has 0 aliphatic carbocycles. The van der Waals surface area contributed by atoms with Gasteiger partial charge in [-0.15, -0.1) is 0 Å². The van der Waals surface area contributed by atoms with E-state index in [2.05, 4.69) is 77.6 Å². The van der Waals surface area contributed by atoms with Gasteiger partial charge in [-0.1, -0.05) is 46.3 Å². The number of para-hydroxylation sites is 1. The molecule has 3 heterocycles. The third kappa shape index (κ3) is 3.82. The lowest BCUT2D eigenvalue weighted by Crippen LogP contribution is -2.26. The van der Waals surface area contributed by atoms with Crippen LogP contribution in [0.15, 0.2) is 71.6 Å². The highest BCUT2D eigenvalue weighted by Gasteiger charge is 2.25. The van der Waals surface area contributed by atoms with Crippen molar-refractivity contribution in [3.63, 3.8) is 0 Å². The fourth-order valence-corrected chi connectivity index (χ4v) is 4.12. The van der Waals surface area contributed by atoms with E-state index in [1.54, 1.807) is 6.33 Å². The van der Waals surface area contributed by atoms with E-state index < -0.39 is 0 Å². The van der Waals surface area contributed by atoms with Crippen LogP contribution in [0.3, 0.4) is 0 Å². The predicted molar refractivity (Wildman–Crippen MR) is 119 cm³/mol. The van der Waals surface area contributed by atoms with Gasteiger partial charge in [0.1, 0.15) is 12.1 Å². The van der Waals surface area contributed by atoms with Crippen molar-refractivity contribution >= 4 is 38.5 Å². The van der Waals surface area contributed by atoms with E-state index in [1.807, 2.05) is 29.1 Å². The summed E-state index contributed by atoms with van der Waals surface area (Å²) in [6, 6.07) is 19.1. The second-order valence-electron chi connectivity index (χ2n) is 7.31. The Morgan fingerprint density at radius 1 is 1.03 bits per heavy atom. The minimum Gasteiger partial charge on any atom is -0.380 e. The fourth-order valence-electron chi connectivity index (χ4n) is 3.85. The topological polar surface area (TPSA) is 58.9 Å². The van der Waals surface area contributed by atoms with Crippen molar-refractivity contribution in [2.45, 2.75) is 19.0 Å². The minimum atomic E-state index is 0.403. The van der Waals surface area contributed by atoms with E-state index in [0.29, 0.717) is 12.6 Å². The molecule has 1 aliphatic heterocycles. The number of aromatic nitrogens is 4. The zero-order valence-electron chi connectivity index (χ0n) is 15.9. The molecule has 0 amide bonds. The molecular weight excluding hydrogens is 428 g/mol. The first-order chi connectivity index (χ1) is 14.3. The zero-order chi connectivity index (χ0) is 19.6. The number of fused-ring (bicyclic) bond motifs is 1. The summed E-state index contributed by atoms with van der Waals surface area (Å²) in [7, 11) is 0. The maximum atomic E-state index is 4.59. The van der Waals surface area contributed by atoms with Crippen LogP contribution >= 0.6 is 15.9 Å². The Kier molecular flexibility index (Phi) is 4.89. The van der Waals surface area contributed by atoms with Gasteiger partial charge in [-0.05, 0) is 36.2 Å². The van der Waals surface area contributed by atoms with Gasteiger partial charge >= 0.3 is 0 Å². The Morgan fingerprint density at radius 2 is 1.86 bits per heavy atom. The van der Waals surface area contributed by atoms with E-state index in [1.165, 1.54) is 5.56 Å². The Hall–Kier alpha value is -2.93. The van der Waals surface area contributed by atoms with Crippen molar-refractivity contribution in [1.29, 1.82) is 0 Å². The quantitative estimate of drug-likeness (QED) is 0.492. The molecule has 1 atom stereocenters. The highest BCUT2D eigenvalue weighted by Crippen LogP contribution is 2.27. The summed E-state index contributed by atoms with van der Waals surface area (Å²) >= 11 is 3.48. The Labute approximate surface area is 177 Å². The zero-order valence-corrected chi connectivity index (χ0v) is 17.5. The molecule has 146 valence electrons. The summed E-state index contributed by atoms with van der Waals surface area (Å²) in [6.07, 6.45) is 4.62. The number of hydrogen-bond donors (Lipinski definition) is 1. The summed E-state index contributed by atoms with van der Waals surface area (Å²) in [5.74, 6) is 0.967. The third-order valence-corrected chi connectivity index (χ3v) is 5.82. The lowest BCUT2D eigenvalue weighted by Gasteiger charge is -2.19. The maximum absolute atomic E-state index is 4.59. The molecule has 0 saturated carbocycles. The standard InChI is InChI=1S/C22H21BrN6/c23-17-8-6-16(7-9-17)13-29-22-20(12-26-29)21(24-15-25-22)28-11-10-19(14-28)27-18-4-2-1-3-5-18/h1-9,12,15,19,27H,10-11,13-14H2. The first-order valence-electron chi connectivity index (χ1n) is 9.74. The van der Waals surface area contributed by atoms with Crippen LogP contribution in [-0.4, -0.2) is 38.9 Å². The molecule has 29 heavy (non-hydrogen) atoms. The first-order valence-corrected chi connectivity index (χ1v) is 10.5. The number of nitrogens with zero attached hydrogens (tertiary/aromatic N) is 5. The van der Waals surface area contributed by atoms with Gasteiger partial charge in [-0.2, -0.15) is 5.10 Å². The summed E-state index contributed by atoms with van der Waals surface area (Å²) < 4.78 is 3.02. The molecule has 1 aliphatic rings. The number of nitrogens with one attached hydrogen (secondary N) is 1. The maximum Gasteiger partial charge on any atom is 0.163 e. The van der Waals surface area contributed by atoms with Crippen LogP contribution in [0.5, 0.6) is 0 Å². The van der Waals surface area contributed by atoms with Crippen molar-refractivity contribution < 1.29 is 0 Å². The predicted octanol–water partition coefficient (Wildman–Crippen LogP) is 4.33. The highest BCUT2D eigenvalue weighted by atomic mass is 79.9. The van der Waals surface area contributed by atoms with E-state index in [9.17, 15) is 0 Å². The average molecular weight is 449 g/mol. The highest BCUT2D eigenvalue weighted by molar-refractivity contribution is 9.10. The van der Waals surface area contributed by atoms with E-state index >= 15 is 0 Å². The lowest BCUT2D eigenvalue weighted by molar-refractivity contribution is 0.703. The number of hydrogen-bond acceptors (Lipinski definition) is 5. The number of benzene rings is 2. The van der Waals surface area contributed by atoms with Crippen LogP contribution in [0.1, 0.15) is 12.0 Å². The van der Waals surface area contributed by atoms with Crippen LogP contribution in [0.4, 0.5) is 11.5 Å². The van der Waals surface area contributed by atoms with Crippen LogP contribution in [0.25, 0.3) is 11.0 Å². The summed E-state index contributed by atoms with van der Waals surface area (Å²) in [5, 5.41) is 9.22. The van der Waals surface area contributed by atoms with Gasteiger partial charge in [0.25, 0.3) is 0 Å². The summed E-state index contributed by atoms with van der Waals surface area (Å²) in [6.45, 7) is 2.57. The number of anilines is 2. The van der Waals surface area contributed by atoms with Crippen molar-refractivity contribution in [2.24, 2.45) is 0 Å². The monoisotopic (exact) mass is 448 g/mol. The SMILES string of the molecule is Brc1ccc(Cn2ncc3c(N4CCC(Nc5ccccc5)C4)ncnc32)cc1. The van der Waals surface area contributed by atoms with Crippen LogP contribution < -0.4 is 10.2 Å². The molecule has 1 unspecified atom stereocenters. The fraction of sp³-hybridized carbons (Fsp3) is 0.227. The lowest BCUT2D eigenvalue weighted by atomic mass is 10.2. The molecule has 1 saturated heterocycles. The largest absolute Gasteiger partial charge is 0.380 e. The van der Waals surface area contributed by atoms with Gasteiger partial charge in [-0.3, -0.25) is 0 Å². The van der Waals surface area contributed by atoms with Gasteiger partial charge in [0, 0.05) is 29.3 Å². The molecule has 5 rings (SSSR count). The van der Waals surface area contributed by atoms with Crippen molar-refractivity contribution in [3.8, 4) is 0 Å². The van der Waals surface area contributed by atoms with Gasteiger partial charge < -0.3 is 10.2 Å². The van der Waals surface area contributed by atoms with Gasteiger partial charge in [0.2, 0.25) is 0 Å². The molecule has 7 heteroatoms.